The molecule has 3 aromatic carbocycles. The second-order valence-electron chi connectivity index (χ2n) is 11.5. The Morgan fingerprint density at radius 3 is 2.47 bits per heavy atom. The number of ether oxygens (including phenoxy) is 2. The Bertz CT molecular complexity index is 2050. The van der Waals surface area contributed by atoms with E-state index >= 15 is 0 Å². The molecule has 0 amide bonds. The second kappa shape index (κ2) is 14.2. The zero-order chi connectivity index (χ0) is 33.9. The van der Waals surface area contributed by atoms with Gasteiger partial charge in [-0.15, -0.1) is 0 Å². The lowest BCUT2D eigenvalue weighted by Gasteiger charge is -2.20. The third-order valence-electron chi connectivity index (χ3n) is 8.16. The zero-order valence-corrected chi connectivity index (χ0v) is 29.2. The van der Waals surface area contributed by atoms with Crippen LogP contribution in [-0.2, 0) is 26.8 Å². The third kappa shape index (κ3) is 8.22. The fourth-order valence-corrected chi connectivity index (χ4v) is 7.54. The lowest BCUT2D eigenvalue weighted by Crippen LogP contribution is -2.36. The Balaban J connectivity index is 1.56. The summed E-state index contributed by atoms with van der Waals surface area (Å²) in [5.74, 6) is 1.56. The summed E-state index contributed by atoms with van der Waals surface area (Å²) in [7, 11) is -6.70. The highest BCUT2D eigenvalue weighted by atomic mass is 32.2. The maximum Gasteiger partial charge on any atom is 0.267 e. The van der Waals surface area contributed by atoms with Crippen LogP contribution in [0.25, 0.3) is 27.4 Å². The molecule has 1 aliphatic heterocycles. The molecule has 1 atom stereocenters. The molecular formula is C34H39N2O8S3+. The van der Waals surface area contributed by atoms with Crippen LogP contribution in [-0.4, -0.2) is 50.6 Å². The molecule has 5 rings (SSSR count). The summed E-state index contributed by atoms with van der Waals surface area (Å²) in [5.41, 5.74) is 5.59. The van der Waals surface area contributed by atoms with Gasteiger partial charge in [0.2, 0.25) is 11.4 Å². The molecule has 2 heterocycles. The average molecular weight is 700 g/mol. The molecule has 0 saturated carbocycles. The lowest BCUT2D eigenvalue weighted by atomic mass is 10.0. The molecular weight excluding hydrogens is 661 g/mol. The van der Waals surface area contributed by atoms with Crippen molar-refractivity contribution in [3.05, 3.63) is 88.8 Å². The summed E-state index contributed by atoms with van der Waals surface area (Å²) in [4.78, 5) is 1.94. The van der Waals surface area contributed by atoms with Crippen molar-refractivity contribution in [3.8, 4) is 22.6 Å². The largest absolute Gasteiger partial charge is 0.496 e. The first-order valence-corrected chi connectivity index (χ1v) is 19.2. The maximum absolute atomic E-state index is 11.9. The average Bonchev–Trinajstić information content (AvgIpc) is 3.53. The minimum Gasteiger partial charge on any atom is -0.496 e. The van der Waals surface area contributed by atoms with Gasteiger partial charge in [0.1, 0.15) is 10.4 Å². The highest BCUT2D eigenvalue weighted by molar-refractivity contribution is 7.86. The van der Waals surface area contributed by atoms with E-state index in [0.717, 1.165) is 48.9 Å². The van der Waals surface area contributed by atoms with Gasteiger partial charge < -0.3 is 14.4 Å². The van der Waals surface area contributed by atoms with Gasteiger partial charge in [-0.05, 0) is 61.1 Å². The molecule has 0 saturated heterocycles. The number of thiazole rings is 1. The molecule has 0 aliphatic carbocycles. The fourth-order valence-electron chi connectivity index (χ4n) is 5.47. The molecule has 0 spiro atoms. The van der Waals surface area contributed by atoms with Gasteiger partial charge in [0.05, 0.1) is 23.8 Å². The van der Waals surface area contributed by atoms with Crippen molar-refractivity contribution in [1.82, 2.24) is 0 Å². The number of aromatic nitrogens is 1. The lowest BCUT2D eigenvalue weighted by molar-refractivity contribution is -0.668. The minimum atomic E-state index is -4.21. The van der Waals surface area contributed by atoms with Crippen LogP contribution < -0.4 is 18.9 Å². The van der Waals surface area contributed by atoms with Crippen LogP contribution in [0.2, 0.25) is 0 Å². The number of anilines is 1. The van der Waals surface area contributed by atoms with E-state index in [1.54, 1.807) is 18.4 Å². The van der Waals surface area contributed by atoms with E-state index in [2.05, 4.69) is 0 Å². The first kappa shape index (κ1) is 34.6. The van der Waals surface area contributed by atoms with Gasteiger partial charge in [-0.3, -0.25) is 9.11 Å². The van der Waals surface area contributed by atoms with Crippen molar-refractivity contribution in [2.24, 2.45) is 0 Å². The first-order valence-electron chi connectivity index (χ1n) is 15.3. The number of methoxy groups -OCH3 is 1. The molecule has 1 aliphatic rings. The van der Waals surface area contributed by atoms with E-state index in [-0.39, 0.29) is 25.1 Å². The van der Waals surface area contributed by atoms with Crippen LogP contribution in [0.15, 0.2) is 78.2 Å². The van der Waals surface area contributed by atoms with E-state index in [1.807, 2.05) is 96.1 Å². The van der Waals surface area contributed by atoms with Gasteiger partial charge in [0.25, 0.3) is 25.2 Å². The molecule has 47 heavy (non-hydrogen) atoms. The molecule has 10 nitrogen and oxygen atoms in total. The van der Waals surface area contributed by atoms with E-state index < -0.39 is 25.5 Å². The zero-order valence-electron chi connectivity index (χ0n) is 26.7. The number of aryl methyl sites for hydroxylation is 2. The van der Waals surface area contributed by atoms with Crippen molar-refractivity contribution >= 4 is 53.6 Å². The third-order valence-corrected chi connectivity index (χ3v) is 11.3. The Kier molecular flexibility index (Phi) is 10.4. The van der Waals surface area contributed by atoms with Crippen LogP contribution in [0.4, 0.5) is 5.69 Å². The van der Waals surface area contributed by atoms with E-state index in [9.17, 15) is 25.9 Å². The second-order valence-corrected chi connectivity index (χ2v) is 16.0. The van der Waals surface area contributed by atoms with Crippen LogP contribution in [0.5, 0.6) is 11.5 Å². The molecule has 0 fully saturated rings. The SMILES string of the molecule is CCC(=Cc1sc2cc(OC)c(C)cc2[n+]1CCCS(=O)(=O)O)/C=C1\Oc2ccc(-c3ccccc3)cc2N1CCC(C)S(=O)(=O)O. The van der Waals surface area contributed by atoms with Gasteiger partial charge in [-0.1, -0.05) is 54.7 Å². The van der Waals surface area contributed by atoms with Gasteiger partial charge in [-0.2, -0.15) is 21.4 Å². The predicted octanol–water partition coefficient (Wildman–Crippen LogP) is 6.65. The van der Waals surface area contributed by atoms with Crippen molar-refractivity contribution in [1.29, 1.82) is 0 Å². The topological polar surface area (TPSA) is 134 Å². The van der Waals surface area contributed by atoms with Crippen molar-refractivity contribution < 1.29 is 40.0 Å². The van der Waals surface area contributed by atoms with E-state index in [1.165, 1.54) is 6.92 Å². The van der Waals surface area contributed by atoms with Crippen molar-refractivity contribution in [3.63, 3.8) is 0 Å². The molecule has 13 heteroatoms. The number of fused-ring (bicyclic) bond motifs is 2. The standard InChI is InChI=1S/C34H38N2O8S3/c1-5-25(20-34-36(15-9-17-46(37,38)39)29-18-23(2)31(43-4)22-32(29)45-34)19-33-35(16-14-24(3)47(40,41)42)28-21-27(12-13-30(28)44-33)26-10-7-6-8-11-26/h6-8,10-13,18-22,24H,5,9,14-17H2,1-4H3,(H-,37,38,39,40,41,42)/p+1. The Hall–Kier alpha value is -3.75. The Labute approximate surface area is 280 Å². The molecule has 1 aromatic heterocycles. The number of benzene rings is 3. The number of allylic oxidation sites excluding steroid dienone is 2. The summed E-state index contributed by atoms with van der Waals surface area (Å²) in [6.45, 7) is 6.10. The molecule has 0 bridgehead atoms. The smallest absolute Gasteiger partial charge is 0.267 e. The summed E-state index contributed by atoms with van der Waals surface area (Å²) in [6.07, 6.45) is 5.00. The Morgan fingerprint density at radius 1 is 1.06 bits per heavy atom. The van der Waals surface area contributed by atoms with Crippen LogP contribution >= 0.6 is 11.3 Å². The van der Waals surface area contributed by atoms with Gasteiger partial charge in [-0.25, -0.2) is 0 Å². The van der Waals surface area contributed by atoms with Crippen molar-refractivity contribution in [2.45, 2.75) is 51.8 Å². The minimum absolute atomic E-state index is 0.172. The monoisotopic (exact) mass is 699 g/mol. The van der Waals surface area contributed by atoms with Crippen LogP contribution in [0.1, 0.15) is 43.7 Å². The first-order chi connectivity index (χ1) is 22.3. The highest BCUT2D eigenvalue weighted by Crippen LogP contribution is 2.42. The fraction of sp³-hybridized carbons (Fsp3) is 0.324. The van der Waals surface area contributed by atoms with E-state index in [4.69, 9.17) is 9.47 Å². The highest BCUT2D eigenvalue weighted by Gasteiger charge is 2.29. The molecule has 0 radical (unpaired) electrons. The number of hydrogen-bond acceptors (Lipinski definition) is 8. The molecule has 250 valence electrons. The Morgan fingerprint density at radius 2 is 1.81 bits per heavy atom. The number of hydrogen-bond donors (Lipinski definition) is 2. The van der Waals surface area contributed by atoms with Gasteiger partial charge in [0, 0.05) is 37.3 Å². The number of nitrogens with zero attached hydrogens (tertiary/aromatic N) is 2. The summed E-state index contributed by atoms with van der Waals surface area (Å²) >= 11 is 1.54. The van der Waals surface area contributed by atoms with E-state index in [0.29, 0.717) is 24.6 Å². The number of rotatable bonds is 13. The normalized spacial score (nSPS) is 15.2. The molecule has 1 unspecified atom stereocenters. The van der Waals surface area contributed by atoms with Crippen LogP contribution in [0, 0.1) is 6.92 Å². The quantitative estimate of drug-likeness (QED) is 0.116. The van der Waals surface area contributed by atoms with Crippen LogP contribution in [0.3, 0.4) is 0 Å². The maximum atomic E-state index is 11.9. The van der Waals surface area contributed by atoms with Gasteiger partial charge in [0.15, 0.2) is 12.3 Å². The molecule has 2 N–H and O–H groups in total. The van der Waals surface area contributed by atoms with Crippen molar-refractivity contribution in [2.75, 3.05) is 24.3 Å². The predicted molar refractivity (Wildman–Crippen MR) is 186 cm³/mol. The summed E-state index contributed by atoms with van der Waals surface area (Å²) in [5, 5.41) is -0.0860. The summed E-state index contributed by atoms with van der Waals surface area (Å²) in [6, 6.07) is 19.8. The van der Waals surface area contributed by atoms with Gasteiger partial charge >= 0.3 is 0 Å². The molecule has 4 aromatic rings. The summed E-state index contributed by atoms with van der Waals surface area (Å²) < 4.78 is 80.6.